The molecule has 0 radical (unpaired) electrons. The zero-order chi connectivity index (χ0) is 10.4. The van der Waals surface area contributed by atoms with Crippen molar-refractivity contribution in [3.05, 3.63) is 48.5 Å². The standard InChI is InChI=1S/C12H9N/c1-3-7-11-9(5-1)10-6-2-4-8-12(10)13-11/h1-8,13H/i7D,8D. The van der Waals surface area contributed by atoms with Crippen molar-refractivity contribution in [2.45, 2.75) is 0 Å². The van der Waals surface area contributed by atoms with Crippen LogP contribution in [0, 0.1) is 0 Å². The van der Waals surface area contributed by atoms with Gasteiger partial charge in [-0.15, -0.1) is 0 Å². The van der Waals surface area contributed by atoms with E-state index in [0.717, 1.165) is 21.8 Å². The number of hydrogen-bond acceptors (Lipinski definition) is 0. The van der Waals surface area contributed by atoms with Crippen LogP contribution < -0.4 is 0 Å². The zero-order valence-electron chi connectivity index (χ0n) is 8.96. The Labute approximate surface area is 78.8 Å². The van der Waals surface area contributed by atoms with Gasteiger partial charge in [0.2, 0.25) is 0 Å². The van der Waals surface area contributed by atoms with Crippen LogP contribution >= 0.6 is 0 Å². The summed E-state index contributed by atoms with van der Waals surface area (Å²) in [6.07, 6.45) is 0. The molecule has 1 aromatic heterocycles. The normalized spacial score (nSPS) is 13.2. The summed E-state index contributed by atoms with van der Waals surface area (Å²) < 4.78 is 15.5. The molecular formula is C12H9N. The summed E-state index contributed by atoms with van der Waals surface area (Å²) in [6.45, 7) is 0. The number of rotatable bonds is 0. The number of benzene rings is 2. The predicted molar refractivity (Wildman–Crippen MR) is 55.8 cm³/mol. The molecule has 3 rings (SSSR count). The van der Waals surface area contributed by atoms with E-state index in [9.17, 15) is 0 Å². The van der Waals surface area contributed by atoms with E-state index in [1.165, 1.54) is 0 Å². The molecule has 0 saturated heterocycles. The second kappa shape index (κ2) is 2.36. The third-order valence-corrected chi connectivity index (χ3v) is 2.25. The molecule has 0 bridgehead atoms. The van der Waals surface area contributed by atoms with Crippen LogP contribution in [0.4, 0.5) is 0 Å². The minimum absolute atomic E-state index is 0.475. The van der Waals surface area contributed by atoms with Crippen LogP contribution in [0.3, 0.4) is 0 Å². The Balaban J connectivity index is 2.63. The van der Waals surface area contributed by atoms with Gasteiger partial charge in [0.15, 0.2) is 0 Å². The zero-order valence-corrected chi connectivity index (χ0v) is 6.96. The fourth-order valence-electron chi connectivity index (χ4n) is 1.65. The third-order valence-electron chi connectivity index (χ3n) is 2.25. The molecule has 3 aromatic rings. The largest absolute Gasteiger partial charge is 0.355 e. The molecule has 62 valence electrons. The highest BCUT2D eigenvalue weighted by atomic mass is 14.7. The highest BCUT2D eigenvalue weighted by molar-refractivity contribution is 6.06. The Kier molecular flexibility index (Phi) is 0.922. The van der Waals surface area contributed by atoms with Crippen LogP contribution in [0.2, 0.25) is 0 Å². The average molecular weight is 169 g/mol. The van der Waals surface area contributed by atoms with Crippen LogP contribution in [0.5, 0.6) is 0 Å². The number of H-pyrrole nitrogens is 1. The van der Waals surface area contributed by atoms with E-state index >= 15 is 0 Å². The topological polar surface area (TPSA) is 15.8 Å². The van der Waals surface area contributed by atoms with Crippen molar-refractivity contribution in [2.75, 3.05) is 0 Å². The number of fused-ring (bicyclic) bond motifs is 3. The van der Waals surface area contributed by atoms with Crippen molar-refractivity contribution in [3.8, 4) is 0 Å². The summed E-state index contributed by atoms with van der Waals surface area (Å²) in [5.74, 6) is 0. The van der Waals surface area contributed by atoms with E-state index < -0.39 is 0 Å². The second-order valence-corrected chi connectivity index (χ2v) is 3.04. The van der Waals surface area contributed by atoms with Crippen molar-refractivity contribution in [1.29, 1.82) is 0 Å². The molecule has 13 heavy (non-hydrogen) atoms. The van der Waals surface area contributed by atoms with Gasteiger partial charge < -0.3 is 4.98 Å². The maximum Gasteiger partial charge on any atom is 0.0645 e. The Morgan fingerprint density at radius 2 is 1.38 bits per heavy atom. The summed E-state index contributed by atoms with van der Waals surface area (Å²) in [7, 11) is 0. The van der Waals surface area contributed by atoms with Crippen LogP contribution in [-0.4, -0.2) is 4.98 Å². The number of aromatic nitrogens is 1. The second-order valence-electron chi connectivity index (χ2n) is 3.04. The van der Waals surface area contributed by atoms with E-state index in [1.807, 2.05) is 24.3 Å². The molecule has 1 nitrogen and oxygen atoms in total. The lowest BCUT2D eigenvalue weighted by atomic mass is 10.2. The van der Waals surface area contributed by atoms with Gasteiger partial charge in [0.05, 0.1) is 2.74 Å². The quantitative estimate of drug-likeness (QED) is 0.531. The molecule has 1 N–H and O–H groups in total. The predicted octanol–water partition coefficient (Wildman–Crippen LogP) is 3.32. The number of nitrogens with one attached hydrogen (secondary N) is 1. The molecular weight excluding hydrogens is 158 g/mol. The van der Waals surface area contributed by atoms with Crippen LogP contribution in [0.1, 0.15) is 2.74 Å². The molecule has 0 atom stereocenters. The molecule has 0 unspecified atom stereocenters. The van der Waals surface area contributed by atoms with Crippen molar-refractivity contribution >= 4 is 21.8 Å². The SMILES string of the molecule is [2H]c1cccc2c1[nH]c1c([2H])cccc12. The van der Waals surface area contributed by atoms with Crippen LogP contribution in [0.25, 0.3) is 21.8 Å². The van der Waals surface area contributed by atoms with E-state index in [0.29, 0.717) is 12.1 Å². The first-order valence-electron chi connectivity index (χ1n) is 5.24. The van der Waals surface area contributed by atoms with Crippen molar-refractivity contribution in [3.63, 3.8) is 0 Å². The first-order chi connectivity index (χ1) is 7.27. The minimum atomic E-state index is 0.475. The fourth-order valence-corrected chi connectivity index (χ4v) is 1.65. The van der Waals surface area contributed by atoms with Crippen molar-refractivity contribution in [1.82, 2.24) is 4.98 Å². The molecule has 0 aliphatic heterocycles. The Morgan fingerprint density at radius 1 is 0.846 bits per heavy atom. The molecule has 0 spiro atoms. The summed E-state index contributed by atoms with van der Waals surface area (Å²) in [6, 6.07) is 12.1. The lowest BCUT2D eigenvalue weighted by Crippen LogP contribution is -1.62. The lowest BCUT2D eigenvalue weighted by Gasteiger charge is -1.87. The van der Waals surface area contributed by atoms with Crippen LogP contribution in [0.15, 0.2) is 48.5 Å². The van der Waals surface area contributed by atoms with Crippen molar-refractivity contribution < 1.29 is 2.74 Å². The van der Waals surface area contributed by atoms with Gasteiger partial charge in [0, 0.05) is 21.8 Å². The third kappa shape index (κ3) is 0.872. The van der Waals surface area contributed by atoms with Gasteiger partial charge in [-0.25, -0.2) is 0 Å². The van der Waals surface area contributed by atoms with Crippen molar-refractivity contribution in [2.24, 2.45) is 0 Å². The molecule has 1 heterocycles. The number of aromatic amines is 1. The minimum Gasteiger partial charge on any atom is -0.355 e. The molecule has 0 aliphatic rings. The first kappa shape index (κ1) is 5.07. The molecule has 0 saturated carbocycles. The van der Waals surface area contributed by atoms with Gasteiger partial charge >= 0.3 is 0 Å². The Hall–Kier alpha value is -1.76. The van der Waals surface area contributed by atoms with Gasteiger partial charge in [-0.1, -0.05) is 36.4 Å². The molecule has 0 aliphatic carbocycles. The van der Waals surface area contributed by atoms with E-state index in [-0.39, 0.29) is 0 Å². The monoisotopic (exact) mass is 169 g/mol. The van der Waals surface area contributed by atoms with Gasteiger partial charge in [0.25, 0.3) is 0 Å². The fraction of sp³-hybridized carbons (Fsp3) is 0. The maximum absolute atomic E-state index is 7.77. The summed E-state index contributed by atoms with van der Waals surface area (Å²) in [4.78, 5) is 3.14. The summed E-state index contributed by atoms with van der Waals surface area (Å²) >= 11 is 0. The lowest BCUT2D eigenvalue weighted by molar-refractivity contribution is 1.55. The molecule has 2 aromatic carbocycles. The average Bonchev–Trinajstić information content (AvgIpc) is 2.60. The number of para-hydroxylation sites is 2. The van der Waals surface area contributed by atoms with E-state index in [4.69, 9.17) is 2.74 Å². The molecule has 0 fully saturated rings. The van der Waals surface area contributed by atoms with Gasteiger partial charge in [-0.3, -0.25) is 0 Å². The van der Waals surface area contributed by atoms with E-state index in [1.54, 1.807) is 12.1 Å². The molecule has 1 heteroatoms. The van der Waals surface area contributed by atoms with Gasteiger partial charge in [-0.2, -0.15) is 0 Å². The van der Waals surface area contributed by atoms with Gasteiger partial charge in [0.1, 0.15) is 0 Å². The first-order valence-corrected chi connectivity index (χ1v) is 4.24. The summed E-state index contributed by atoms with van der Waals surface area (Å²) in [5, 5.41) is 2.04. The maximum atomic E-state index is 7.77. The van der Waals surface area contributed by atoms with Crippen LogP contribution in [-0.2, 0) is 0 Å². The highest BCUT2D eigenvalue weighted by Gasteiger charge is 2.00. The summed E-state index contributed by atoms with van der Waals surface area (Å²) in [5.41, 5.74) is 1.62. The Morgan fingerprint density at radius 3 is 1.92 bits per heavy atom. The smallest absolute Gasteiger partial charge is 0.0645 e. The highest BCUT2D eigenvalue weighted by Crippen LogP contribution is 2.24. The number of hydrogen-bond donors (Lipinski definition) is 1. The Bertz CT molecular complexity index is 599. The van der Waals surface area contributed by atoms with Gasteiger partial charge in [-0.05, 0) is 12.1 Å². The van der Waals surface area contributed by atoms with E-state index in [2.05, 4.69) is 4.98 Å². The molecule has 0 amide bonds.